The molecule has 3 rings (SSSR count). The Morgan fingerprint density at radius 1 is 1.15 bits per heavy atom. The van der Waals surface area contributed by atoms with Gasteiger partial charge in [-0.15, -0.1) is 0 Å². The van der Waals surface area contributed by atoms with Gasteiger partial charge in [0.25, 0.3) is 0 Å². The van der Waals surface area contributed by atoms with Gasteiger partial charge < -0.3 is 10.6 Å². The second-order valence-corrected chi connectivity index (χ2v) is 9.81. The van der Waals surface area contributed by atoms with Gasteiger partial charge in [-0.1, -0.05) is 32.9 Å². The van der Waals surface area contributed by atoms with E-state index in [-0.39, 0.29) is 11.4 Å². The van der Waals surface area contributed by atoms with Gasteiger partial charge in [-0.2, -0.15) is 11.8 Å². The fourth-order valence-corrected chi connectivity index (χ4v) is 5.05. The maximum atomic E-state index is 12.2. The number of amides is 2. The number of nitrogens with zero attached hydrogens (tertiary/aromatic N) is 1. The smallest absolute Gasteiger partial charge is 0.319 e. The van der Waals surface area contributed by atoms with Crippen LogP contribution in [0.5, 0.6) is 0 Å². The third kappa shape index (κ3) is 5.40. The molecule has 2 aliphatic heterocycles. The maximum absolute atomic E-state index is 12.2. The van der Waals surface area contributed by atoms with E-state index in [9.17, 15) is 4.79 Å². The second kappa shape index (κ2) is 8.66. The van der Waals surface area contributed by atoms with Crippen LogP contribution in [0.2, 0.25) is 0 Å². The van der Waals surface area contributed by atoms with Crippen LogP contribution >= 0.6 is 11.8 Å². The summed E-state index contributed by atoms with van der Waals surface area (Å²) >= 11 is 2.09. The quantitative estimate of drug-likeness (QED) is 0.823. The van der Waals surface area contributed by atoms with Crippen LogP contribution in [0.3, 0.4) is 0 Å². The molecule has 1 atom stereocenters. The Labute approximate surface area is 162 Å². The molecule has 5 heteroatoms. The van der Waals surface area contributed by atoms with Crippen LogP contribution in [0.1, 0.15) is 45.6 Å². The zero-order valence-corrected chi connectivity index (χ0v) is 17.2. The fourth-order valence-electron chi connectivity index (χ4n) is 3.80. The second-order valence-electron chi connectivity index (χ2n) is 8.66. The van der Waals surface area contributed by atoms with Crippen molar-refractivity contribution in [2.24, 2.45) is 5.92 Å². The minimum Gasteiger partial charge on any atom is -0.338 e. The van der Waals surface area contributed by atoms with Crippen molar-refractivity contribution in [3.8, 4) is 0 Å². The summed E-state index contributed by atoms with van der Waals surface area (Å²) in [5.41, 5.74) is 2.26. The molecular weight excluding hydrogens is 342 g/mol. The Morgan fingerprint density at radius 3 is 2.42 bits per heavy atom. The van der Waals surface area contributed by atoms with E-state index in [0.29, 0.717) is 5.92 Å². The number of likely N-dealkylation sites (tertiary alicyclic amines) is 1. The summed E-state index contributed by atoms with van der Waals surface area (Å²) in [6.07, 6.45) is 3.74. The molecule has 2 amide bonds. The number of carbonyl (C=O) groups is 1. The normalized spacial score (nSPS) is 22.3. The molecule has 0 aromatic heterocycles. The molecule has 0 aliphatic carbocycles. The summed E-state index contributed by atoms with van der Waals surface area (Å²) in [7, 11) is 0. The predicted molar refractivity (Wildman–Crippen MR) is 112 cm³/mol. The molecule has 0 bridgehead atoms. The number of thioether (sulfide) groups is 1. The Bertz CT molecular complexity index is 582. The first-order valence-electron chi connectivity index (χ1n) is 9.89. The Morgan fingerprint density at radius 2 is 1.85 bits per heavy atom. The number of hydrogen-bond donors (Lipinski definition) is 2. The topological polar surface area (TPSA) is 44.4 Å². The summed E-state index contributed by atoms with van der Waals surface area (Å²) in [4.78, 5) is 14.8. The van der Waals surface area contributed by atoms with Crippen molar-refractivity contribution < 1.29 is 4.79 Å². The first kappa shape index (κ1) is 19.6. The predicted octanol–water partition coefficient (Wildman–Crippen LogP) is 4.32. The van der Waals surface area contributed by atoms with Gasteiger partial charge in [0.05, 0.1) is 0 Å². The molecule has 0 spiro atoms. The zero-order valence-electron chi connectivity index (χ0n) is 16.4. The van der Waals surface area contributed by atoms with Crippen LogP contribution in [-0.4, -0.2) is 48.1 Å². The van der Waals surface area contributed by atoms with Gasteiger partial charge in [-0.05, 0) is 67.1 Å². The molecular formula is C21H33N3OS. The molecule has 26 heavy (non-hydrogen) atoms. The van der Waals surface area contributed by atoms with E-state index in [1.165, 1.54) is 49.4 Å². The molecule has 2 aliphatic rings. The lowest BCUT2D eigenvalue weighted by Crippen LogP contribution is -2.44. The van der Waals surface area contributed by atoms with Gasteiger partial charge in [-0.3, -0.25) is 4.90 Å². The molecule has 1 aromatic carbocycles. The van der Waals surface area contributed by atoms with Crippen molar-refractivity contribution in [1.82, 2.24) is 10.2 Å². The van der Waals surface area contributed by atoms with Crippen molar-refractivity contribution >= 4 is 23.5 Å². The number of piperidine rings is 1. The van der Waals surface area contributed by atoms with E-state index in [1.807, 2.05) is 12.1 Å². The first-order chi connectivity index (χ1) is 12.4. The Kier molecular flexibility index (Phi) is 6.51. The third-order valence-corrected chi connectivity index (χ3v) is 6.78. The molecule has 1 aromatic rings. The molecule has 2 heterocycles. The molecule has 0 saturated carbocycles. The minimum absolute atomic E-state index is 0.0943. The first-order valence-corrected chi connectivity index (χ1v) is 11.0. The highest BCUT2D eigenvalue weighted by atomic mass is 32.2. The van der Waals surface area contributed by atoms with E-state index in [2.05, 4.69) is 60.2 Å². The van der Waals surface area contributed by atoms with E-state index in [1.54, 1.807) is 0 Å². The van der Waals surface area contributed by atoms with Crippen LogP contribution in [0.15, 0.2) is 24.3 Å². The molecule has 0 unspecified atom stereocenters. The van der Waals surface area contributed by atoms with E-state index in [4.69, 9.17) is 0 Å². The van der Waals surface area contributed by atoms with Gasteiger partial charge >= 0.3 is 6.03 Å². The van der Waals surface area contributed by atoms with Crippen LogP contribution in [0.25, 0.3) is 0 Å². The number of rotatable bonds is 4. The molecule has 0 radical (unpaired) electrons. The highest BCUT2D eigenvalue weighted by Crippen LogP contribution is 2.27. The standard InChI is InChI=1S/C21H33N3OS/c1-21(2,3)17-4-6-18(7-5-17)23-20(25)22-14-16-8-11-24(12-9-16)19-10-13-26-15-19/h4-7,16,19H,8-15H2,1-3H3,(H2,22,23,25)/t19-/m1/s1. The Hall–Kier alpha value is -1.20. The number of anilines is 1. The lowest BCUT2D eigenvalue weighted by atomic mass is 9.87. The van der Waals surface area contributed by atoms with Crippen molar-refractivity contribution in [2.45, 2.75) is 51.5 Å². The summed E-state index contributed by atoms with van der Waals surface area (Å²) in [5.74, 6) is 3.23. The average molecular weight is 376 g/mol. The zero-order chi connectivity index (χ0) is 18.6. The molecule has 144 valence electrons. The Balaban J connectivity index is 1.38. The number of nitrogens with one attached hydrogen (secondary N) is 2. The van der Waals surface area contributed by atoms with E-state index in [0.717, 1.165) is 18.3 Å². The number of carbonyl (C=O) groups excluding carboxylic acids is 1. The van der Waals surface area contributed by atoms with Crippen molar-refractivity contribution in [1.29, 1.82) is 0 Å². The number of hydrogen-bond acceptors (Lipinski definition) is 3. The average Bonchev–Trinajstić information content (AvgIpc) is 3.15. The molecule has 2 N–H and O–H groups in total. The number of benzene rings is 1. The van der Waals surface area contributed by atoms with Crippen LogP contribution < -0.4 is 10.6 Å². The lowest BCUT2D eigenvalue weighted by molar-refractivity contribution is 0.143. The monoisotopic (exact) mass is 375 g/mol. The SMILES string of the molecule is CC(C)(C)c1ccc(NC(=O)NCC2CCN([C@@H]3CCSC3)CC2)cc1. The third-order valence-electron chi connectivity index (χ3n) is 5.63. The number of urea groups is 1. The molecule has 2 fully saturated rings. The summed E-state index contributed by atoms with van der Waals surface area (Å²) < 4.78 is 0. The van der Waals surface area contributed by atoms with Crippen molar-refractivity contribution in [2.75, 3.05) is 36.5 Å². The van der Waals surface area contributed by atoms with E-state index < -0.39 is 0 Å². The van der Waals surface area contributed by atoms with Gasteiger partial charge in [-0.25, -0.2) is 4.79 Å². The van der Waals surface area contributed by atoms with Crippen molar-refractivity contribution in [3.63, 3.8) is 0 Å². The largest absolute Gasteiger partial charge is 0.338 e. The van der Waals surface area contributed by atoms with Crippen LogP contribution in [0.4, 0.5) is 10.5 Å². The highest BCUT2D eigenvalue weighted by molar-refractivity contribution is 7.99. The maximum Gasteiger partial charge on any atom is 0.319 e. The molecule has 2 saturated heterocycles. The van der Waals surface area contributed by atoms with E-state index >= 15 is 0 Å². The van der Waals surface area contributed by atoms with Gasteiger partial charge in [0.2, 0.25) is 0 Å². The van der Waals surface area contributed by atoms with Crippen molar-refractivity contribution in [3.05, 3.63) is 29.8 Å². The minimum atomic E-state index is -0.0943. The highest BCUT2D eigenvalue weighted by Gasteiger charge is 2.27. The van der Waals surface area contributed by atoms with Crippen LogP contribution in [-0.2, 0) is 5.41 Å². The molecule has 4 nitrogen and oxygen atoms in total. The fraction of sp³-hybridized carbons (Fsp3) is 0.667. The summed E-state index contributed by atoms with van der Waals surface area (Å²) in [5, 5.41) is 6.01. The van der Waals surface area contributed by atoms with Crippen LogP contribution in [0, 0.1) is 5.92 Å². The summed E-state index contributed by atoms with van der Waals surface area (Å²) in [6.45, 7) is 9.73. The van der Waals surface area contributed by atoms with Gasteiger partial charge in [0.1, 0.15) is 0 Å². The lowest BCUT2D eigenvalue weighted by Gasteiger charge is -2.35. The summed E-state index contributed by atoms with van der Waals surface area (Å²) in [6, 6.07) is 8.85. The van der Waals surface area contributed by atoms with Gasteiger partial charge in [0.15, 0.2) is 0 Å². The van der Waals surface area contributed by atoms with Gasteiger partial charge in [0, 0.05) is 24.0 Å².